The summed E-state index contributed by atoms with van der Waals surface area (Å²) in [7, 11) is 0. The molecule has 0 saturated heterocycles. The molecule has 6 nitrogen and oxygen atoms in total. The molecule has 2 unspecified atom stereocenters. The molecule has 6 heteroatoms. The summed E-state index contributed by atoms with van der Waals surface area (Å²) in [6.45, 7) is 1.78. The number of rotatable bonds is 3. The molecule has 3 aliphatic carbocycles. The van der Waals surface area contributed by atoms with Crippen molar-refractivity contribution in [2.24, 2.45) is 17.8 Å². The number of carbonyl (C=O) groups excluding carboxylic acids is 2. The van der Waals surface area contributed by atoms with Gasteiger partial charge in [0, 0.05) is 24.7 Å². The summed E-state index contributed by atoms with van der Waals surface area (Å²) >= 11 is 0. The molecule has 1 aromatic heterocycles. The van der Waals surface area contributed by atoms with Gasteiger partial charge in [0.15, 0.2) is 5.82 Å². The summed E-state index contributed by atoms with van der Waals surface area (Å²) in [6, 6.07) is 0. The molecule has 3 fully saturated rings. The van der Waals surface area contributed by atoms with Gasteiger partial charge in [0.05, 0.1) is 0 Å². The molecule has 1 N–H and O–H groups in total. The van der Waals surface area contributed by atoms with Crippen LogP contribution in [0.4, 0.5) is 0 Å². The molecule has 0 aromatic carbocycles. The molecule has 1 amide bonds. The highest BCUT2D eigenvalue weighted by molar-refractivity contribution is 5.88. The van der Waals surface area contributed by atoms with Crippen molar-refractivity contribution in [2.45, 2.75) is 76.7 Å². The topological polar surface area (TPSA) is 85.1 Å². The van der Waals surface area contributed by atoms with Crippen molar-refractivity contribution in [2.75, 3.05) is 0 Å². The minimum atomic E-state index is -0.496. The summed E-state index contributed by atoms with van der Waals surface area (Å²) in [6.07, 6.45) is 9.46. The number of carbonyl (C=O) groups is 2. The first-order valence-electron chi connectivity index (χ1n) is 9.74. The highest BCUT2D eigenvalue weighted by Crippen LogP contribution is 2.41. The van der Waals surface area contributed by atoms with E-state index in [0.29, 0.717) is 30.3 Å². The van der Waals surface area contributed by atoms with Gasteiger partial charge in [-0.15, -0.1) is 0 Å². The van der Waals surface area contributed by atoms with Crippen LogP contribution in [0.3, 0.4) is 0 Å². The predicted molar refractivity (Wildman–Crippen MR) is 90.5 cm³/mol. The first-order chi connectivity index (χ1) is 12.1. The van der Waals surface area contributed by atoms with Crippen LogP contribution in [0.1, 0.15) is 75.9 Å². The van der Waals surface area contributed by atoms with Gasteiger partial charge in [-0.3, -0.25) is 9.59 Å². The van der Waals surface area contributed by atoms with Crippen molar-refractivity contribution in [3.05, 3.63) is 11.7 Å². The van der Waals surface area contributed by atoms with E-state index in [2.05, 4.69) is 15.5 Å². The Kier molecular flexibility index (Phi) is 4.38. The summed E-state index contributed by atoms with van der Waals surface area (Å²) in [5.41, 5.74) is -0.496. The largest absolute Gasteiger partial charge is 0.343 e. The van der Waals surface area contributed by atoms with Crippen LogP contribution in [-0.2, 0) is 15.1 Å². The number of amides is 1. The van der Waals surface area contributed by atoms with E-state index < -0.39 is 5.54 Å². The van der Waals surface area contributed by atoms with Gasteiger partial charge in [-0.05, 0) is 38.5 Å². The number of Topliss-reactive ketones (excluding diaryl/α,β-unsaturated/α-hetero) is 1. The molecule has 3 saturated carbocycles. The lowest BCUT2D eigenvalue weighted by molar-refractivity contribution is -0.138. The monoisotopic (exact) mass is 345 g/mol. The van der Waals surface area contributed by atoms with Gasteiger partial charge >= 0.3 is 0 Å². The third kappa shape index (κ3) is 3.11. The lowest BCUT2D eigenvalue weighted by Crippen LogP contribution is -2.52. The van der Waals surface area contributed by atoms with Gasteiger partial charge in [-0.25, -0.2) is 0 Å². The number of ketones is 1. The van der Waals surface area contributed by atoms with Crippen LogP contribution in [0, 0.1) is 24.7 Å². The highest BCUT2D eigenvalue weighted by atomic mass is 16.5. The van der Waals surface area contributed by atoms with Crippen LogP contribution in [0.25, 0.3) is 0 Å². The van der Waals surface area contributed by atoms with Crippen molar-refractivity contribution in [1.29, 1.82) is 0 Å². The van der Waals surface area contributed by atoms with E-state index in [1.807, 2.05) is 0 Å². The lowest BCUT2D eigenvalue weighted by atomic mass is 9.66. The predicted octanol–water partition coefficient (Wildman–Crippen LogP) is 3.05. The Bertz CT molecular complexity index is 647. The van der Waals surface area contributed by atoms with Crippen molar-refractivity contribution in [3.8, 4) is 0 Å². The van der Waals surface area contributed by atoms with Gasteiger partial charge in [0.25, 0.3) is 0 Å². The Balaban J connectivity index is 1.52. The Hall–Kier alpha value is -1.72. The van der Waals surface area contributed by atoms with E-state index in [4.69, 9.17) is 4.52 Å². The van der Waals surface area contributed by atoms with Gasteiger partial charge < -0.3 is 9.84 Å². The van der Waals surface area contributed by atoms with Gasteiger partial charge in [-0.1, -0.05) is 30.8 Å². The molecule has 136 valence electrons. The molecular weight excluding hydrogens is 318 g/mol. The second kappa shape index (κ2) is 6.54. The summed E-state index contributed by atoms with van der Waals surface area (Å²) in [5.74, 6) is 1.76. The molecule has 2 atom stereocenters. The van der Waals surface area contributed by atoms with Crippen LogP contribution in [-0.4, -0.2) is 21.8 Å². The zero-order chi connectivity index (χ0) is 17.4. The Morgan fingerprint density at radius 2 is 1.80 bits per heavy atom. The van der Waals surface area contributed by atoms with Crippen LogP contribution in [0.2, 0.25) is 0 Å². The number of hydrogen-bond acceptors (Lipinski definition) is 5. The van der Waals surface area contributed by atoms with Crippen molar-refractivity contribution in [1.82, 2.24) is 15.5 Å². The van der Waals surface area contributed by atoms with Gasteiger partial charge in [0.1, 0.15) is 11.3 Å². The quantitative estimate of drug-likeness (QED) is 0.910. The lowest BCUT2D eigenvalue weighted by Gasteiger charge is -2.40. The maximum absolute atomic E-state index is 13.1. The SMILES string of the molecule is Cc1nc(C2(NC(=O)C3CC4CCCC(C3)C4=O)CCCCC2)no1. The number of hydrogen-bond donors (Lipinski definition) is 1. The Morgan fingerprint density at radius 3 is 2.40 bits per heavy atom. The first kappa shape index (κ1) is 16.7. The molecule has 2 bridgehead atoms. The van der Waals surface area contributed by atoms with Crippen molar-refractivity contribution >= 4 is 11.7 Å². The summed E-state index contributed by atoms with van der Waals surface area (Å²) in [4.78, 5) is 29.8. The summed E-state index contributed by atoms with van der Waals surface area (Å²) in [5, 5.41) is 7.42. The first-order valence-corrected chi connectivity index (χ1v) is 9.74. The zero-order valence-electron chi connectivity index (χ0n) is 14.9. The number of aryl methyl sites for hydroxylation is 1. The summed E-state index contributed by atoms with van der Waals surface area (Å²) < 4.78 is 5.19. The molecular formula is C19H27N3O3. The van der Waals surface area contributed by atoms with Crippen LogP contribution >= 0.6 is 0 Å². The second-order valence-corrected chi connectivity index (χ2v) is 8.16. The van der Waals surface area contributed by atoms with Crippen LogP contribution in [0.15, 0.2) is 4.52 Å². The fourth-order valence-electron chi connectivity index (χ4n) is 5.09. The Morgan fingerprint density at radius 1 is 1.12 bits per heavy atom. The number of aromatic nitrogens is 2. The molecule has 4 rings (SSSR count). The average Bonchev–Trinajstić information content (AvgIpc) is 3.02. The molecule has 1 aromatic rings. The maximum Gasteiger partial charge on any atom is 0.223 e. The third-order valence-electron chi connectivity index (χ3n) is 6.44. The normalized spacial score (nSPS) is 31.6. The Labute approximate surface area is 148 Å². The fourth-order valence-corrected chi connectivity index (χ4v) is 5.09. The molecule has 0 aliphatic heterocycles. The van der Waals surface area contributed by atoms with Gasteiger partial charge in [-0.2, -0.15) is 4.98 Å². The third-order valence-corrected chi connectivity index (χ3v) is 6.44. The van der Waals surface area contributed by atoms with Crippen molar-refractivity contribution < 1.29 is 14.1 Å². The maximum atomic E-state index is 13.1. The van der Waals surface area contributed by atoms with E-state index in [0.717, 1.165) is 44.9 Å². The van der Waals surface area contributed by atoms with E-state index in [1.54, 1.807) is 6.92 Å². The number of nitrogens with one attached hydrogen (secondary N) is 1. The second-order valence-electron chi connectivity index (χ2n) is 8.16. The van der Waals surface area contributed by atoms with E-state index in [1.165, 1.54) is 6.42 Å². The van der Waals surface area contributed by atoms with Crippen LogP contribution < -0.4 is 5.32 Å². The molecule has 1 heterocycles. The molecule has 3 aliphatic rings. The number of nitrogens with zero attached hydrogens (tertiary/aromatic N) is 2. The van der Waals surface area contributed by atoms with E-state index in [9.17, 15) is 9.59 Å². The van der Waals surface area contributed by atoms with Crippen LogP contribution in [0.5, 0.6) is 0 Å². The standard InChI is InChI=1S/C19H27N3O3/c1-12-20-18(22-25-12)19(8-3-2-4-9-19)21-17(24)15-10-13-6-5-7-14(11-15)16(13)23/h13-15H,2-11H2,1H3,(H,21,24). The smallest absolute Gasteiger partial charge is 0.223 e. The minimum Gasteiger partial charge on any atom is -0.343 e. The molecule has 0 spiro atoms. The zero-order valence-corrected chi connectivity index (χ0v) is 14.9. The molecule has 25 heavy (non-hydrogen) atoms. The minimum absolute atomic E-state index is 0.0557. The average molecular weight is 345 g/mol. The van der Waals surface area contributed by atoms with E-state index >= 15 is 0 Å². The fraction of sp³-hybridized carbons (Fsp3) is 0.789. The van der Waals surface area contributed by atoms with Gasteiger partial charge in [0.2, 0.25) is 11.8 Å². The molecule has 0 radical (unpaired) electrons. The number of fused-ring (bicyclic) bond motifs is 2. The highest BCUT2D eigenvalue weighted by Gasteiger charge is 2.45. The van der Waals surface area contributed by atoms with E-state index in [-0.39, 0.29) is 23.7 Å². The van der Waals surface area contributed by atoms with Crippen molar-refractivity contribution in [3.63, 3.8) is 0 Å².